The molecule has 0 amide bonds. The van der Waals surface area contributed by atoms with Crippen molar-refractivity contribution >= 4 is 40.0 Å². The van der Waals surface area contributed by atoms with Gasteiger partial charge >= 0.3 is 0 Å². The lowest BCUT2D eigenvalue weighted by molar-refractivity contribution is 0.597. The number of unbranched alkanes of at least 4 members (excludes halogenated alkanes) is 5. The van der Waals surface area contributed by atoms with Crippen molar-refractivity contribution in [2.45, 2.75) is 56.9 Å². The Morgan fingerprint density at radius 3 is 2.50 bits per heavy atom. The second-order valence-corrected chi connectivity index (χ2v) is 7.15. The normalized spacial score (nSPS) is 11.8. The summed E-state index contributed by atoms with van der Waals surface area (Å²) >= 11 is 0. The molecule has 0 aliphatic carbocycles. The van der Waals surface area contributed by atoms with Gasteiger partial charge in [-0.3, -0.25) is 0 Å². The van der Waals surface area contributed by atoms with Crippen LogP contribution < -0.4 is 16.2 Å². The maximum absolute atomic E-state index is 11.3. The molecule has 0 fully saturated rings. The van der Waals surface area contributed by atoms with Gasteiger partial charge in [-0.15, -0.1) is 24.0 Å². The molecular weight excluding hydrogens is 439 g/mol. The highest BCUT2D eigenvalue weighted by molar-refractivity contribution is 14.0. The fourth-order valence-corrected chi connectivity index (χ4v) is 2.76. The minimum Gasteiger partial charge on any atom is -0.370 e. The second kappa shape index (κ2) is 12.5. The minimum atomic E-state index is -3.69. The predicted octanol–water partition coefficient (Wildman–Crippen LogP) is 2.72. The van der Waals surface area contributed by atoms with E-state index in [0.717, 1.165) is 18.5 Å². The summed E-state index contributed by atoms with van der Waals surface area (Å²) in [5, 5.41) is 8.18. The molecule has 0 radical (unpaired) electrons. The number of halogens is 1. The Balaban J connectivity index is 0.00000529. The summed E-state index contributed by atoms with van der Waals surface area (Å²) in [6.45, 7) is 3.33. The summed E-state index contributed by atoms with van der Waals surface area (Å²) < 4.78 is 22.6. The van der Waals surface area contributed by atoms with Gasteiger partial charge < -0.3 is 11.1 Å². The van der Waals surface area contributed by atoms with Crippen LogP contribution >= 0.6 is 24.0 Å². The molecule has 0 heterocycles. The molecule has 0 saturated carbocycles. The molecule has 24 heavy (non-hydrogen) atoms. The first kappa shape index (κ1) is 23.1. The molecule has 138 valence electrons. The first-order valence-electron chi connectivity index (χ1n) is 8.09. The molecule has 1 aromatic carbocycles. The first-order valence-corrected chi connectivity index (χ1v) is 9.63. The van der Waals surface area contributed by atoms with Crippen LogP contribution in [0.2, 0.25) is 0 Å². The zero-order chi connectivity index (χ0) is 17.1. The van der Waals surface area contributed by atoms with Gasteiger partial charge in [-0.05, 0) is 24.1 Å². The van der Waals surface area contributed by atoms with Gasteiger partial charge in [0, 0.05) is 6.54 Å². The number of rotatable bonds is 10. The summed E-state index contributed by atoms with van der Waals surface area (Å²) in [5.41, 5.74) is 6.55. The number of nitrogens with one attached hydrogen (secondary N) is 1. The number of hydrogen-bond donors (Lipinski definition) is 3. The highest BCUT2D eigenvalue weighted by Gasteiger charge is 2.07. The predicted molar refractivity (Wildman–Crippen MR) is 110 cm³/mol. The molecule has 0 spiro atoms. The number of primary sulfonamides is 1. The van der Waals surface area contributed by atoms with E-state index in [4.69, 9.17) is 10.9 Å². The summed E-state index contributed by atoms with van der Waals surface area (Å²) in [5.74, 6) is 0.375. The Morgan fingerprint density at radius 1 is 1.17 bits per heavy atom. The third kappa shape index (κ3) is 10.1. The van der Waals surface area contributed by atoms with E-state index in [0.29, 0.717) is 12.5 Å². The Morgan fingerprint density at radius 2 is 1.83 bits per heavy atom. The maximum atomic E-state index is 11.3. The van der Waals surface area contributed by atoms with Crippen LogP contribution in [0.25, 0.3) is 0 Å². The highest BCUT2D eigenvalue weighted by Crippen LogP contribution is 2.10. The molecule has 0 unspecified atom stereocenters. The van der Waals surface area contributed by atoms with Gasteiger partial charge in [0.1, 0.15) is 0 Å². The van der Waals surface area contributed by atoms with E-state index in [1.165, 1.54) is 44.2 Å². The summed E-state index contributed by atoms with van der Waals surface area (Å²) in [6.07, 6.45) is 7.37. The van der Waals surface area contributed by atoms with Gasteiger partial charge in [-0.2, -0.15) is 0 Å². The lowest BCUT2D eigenvalue weighted by Crippen LogP contribution is -2.32. The monoisotopic (exact) mass is 468 g/mol. The number of sulfonamides is 1. The molecule has 0 bridgehead atoms. The Bertz CT molecular complexity index is 606. The van der Waals surface area contributed by atoms with Gasteiger partial charge in [-0.25, -0.2) is 18.5 Å². The molecule has 0 aliphatic rings. The number of hydrogen-bond acceptors (Lipinski definition) is 3. The number of nitrogens with zero attached hydrogens (tertiary/aromatic N) is 1. The van der Waals surface area contributed by atoms with Crippen molar-refractivity contribution in [3.63, 3.8) is 0 Å². The minimum absolute atomic E-state index is 0. The lowest BCUT2D eigenvalue weighted by atomic mass is 10.1. The number of guanidine groups is 1. The Kier molecular flexibility index (Phi) is 12.0. The maximum Gasteiger partial charge on any atom is 0.238 e. The quantitative estimate of drug-likeness (QED) is 0.212. The van der Waals surface area contributed by atoms with Crippen molar-refractivity contribution in [2.75, 3.05) is 6.54 Å². The smallest absolute Gasteiger partial charge is 0.238 e. The third-order valence-electron chi connectivity index (χ3n) is 3.50. The number of benzene rings is 1. The average Bonchev–Trinajstić information content (AvgIpc) is 2.51. The Hall–Kier alpha value is -0.870. The van der Waals surface area contributed by atoms with Gasteiger partial charge in [0.25, 0.3) is 0 Å². The van der Waals surface area contributed by atoms with E-state index in [-0.39, 0.29) is 28.9 Å². The molecule has 0 aromatic heterocycles. The number of aliphatic imine (C=N–C) groups is 1. The van der Waals surface area contributed by atoms with Crippen molar-refractivity contribution in [2.24, 2.45) is 15.9 Å². The van der Waals surface area contributed by atoms with Crippen LogP contribution in [0.1, 0.15) is 51.0 Å². The fourth-order valence-electron chi connectivity index (χ4n) is 2.17. The third-order valence-corrected chi connectivity index (χ3v) is 4.41. The zero-order valence-electron chi connectivity index (χ0n) is 14.2. The molecule has 8 heteroatoms. The van der Waals surface area contributed by atoms with Crippen molar-refractivity contribution < 1.29 is 8.42 Å². The van der Waals surface area contributed by atoms with Gasteiger partial charge in [0.2, 0.25) is 10.0 Å². The largest absolute Gasteiger partial charge is 0.370 e. The van der Waals surface area contributed by atoms with Crippen molar-refractivity contribution in [3.8, 4) is 0 Å². The SMILES string of the molecule is CCCCCCCCNC(N)=NCc1cccc(S(N)(=O)=O)c1.I. The van der Waals surface area contributed by atoms with E-state index >= 15 is 0 Å². The van der Waals surface area contributed by atoms with Crippen LogP contribution in [-0.2, 0) is 16.6 Å². The van der Waals surface area contributed by atoms with Crippen LogP contribution in [0.3, 0.4) is 0 Å². The fraction of sp³-hybridized carbons (Fsp3) is 0.562. The van der Waals surface area contributed by atoms with Crippen LogP contribution in [-0.4, -0.2) is 20.9 Å². The van der Waals surface area contributed by atoms with E-state index in [9.17, 15) is 8.42 Å². The summed E-state index contributed by atoms with van der Waals surface area (Å²) in [7, 11) is -3.69. The molecule has 5 N–H and O–H groups in total. The molecule has 0 saturated heterocycles. The molecule has 0 aliphatic heterocycles. The second-order valence-electron chi connectivity index (χ2n) is 5.59. The van der Waals surface area contributed by atoms with Gasteiger partial charge in [0.05, 0.1) is 11.4 Å². The number of nitrogens with two attached hydrogens (primary N) is 2. The van der Waals surface area contributed by atoms with Crippen LogP contribution in [0.4, 0.5) is 0 Å². The molecule has 1 rings (SSSR count). The van der Waals surface area contributed by atoms with Crippen molar-refractivity contribution in [3.05, 3.63) is 29.8 Å². The van der Waals surface area contributed by atoms with Crippen molar-refractivity contribution in [1.29, 1.82) is 0 Å². The van der Waals surface area contributed by atoms with Crippen molar-refractivity contribution in [1.82, 2.24) is 5.32 Å². The lowest BCUT2D eigenvalue weighted by Gasteiger charge is -2.06. The van der Waals surface area contributed by atoms with E-state index < -0.39 is 10.0 Å². The van der Waals surface area contributed by atoms with E-state index in [1.807, 2.05) is 0 Å². The summed E-state index contributed by atoms with van der Waals surface area (Å²) in [4.78, 5) is 4.30. The topological polar surface area (TPSA) is 111 Å². The molecular formula is C16H29IN4O2S. The van der Waals surface area contributed by atoms with Crippen LogP contribution in [0.5, 0.6) is 0 Å². The van der Waals surface area contributed by atoms with Crippen LogP contribution in [0.15, 0.2) is 34.2 Å². The van der Waals surface area contributed by atoms with E-state index in [2.05, 4.69) is 17.2 Å². The highest BCUT2D eigenvalue weighted by atomic mass is 127. The van der Waals surface area contributed by atoms with Gasteiger partial charge in [-0.1, -0.05) is 51.2 Å². The average molecular weight is 468 g/mol. The van der Waals surface area contributed by atoms with E-state index in [1.54, 1.807) is 12.1 Å². The first-order chi connectivity index (χ1) is 10.9. The van der Waals surface area contributed by atoms with Gasteiger partial charge in [0.15, 0.2) is 5.96 Å². The zero-order valence-corrected chi connectivity index (χ0v) is 17.3. The summed E-state index contributed by atoms with van der Waals surface area (Å²) in [6, 6.07) is 6.41. The molecule has 0 atom stereocenters. The Labute approximate surface area is 162 Å². The molecule has 1 aromatic rings. The standard InChI is InChI=1S/C16H28N4O2S.HI/c1-2-3-4-5-6-7-11-19-16(17)20-13-14-9-8-10-15(12-14)23(18,21)22;/h8-10,12H,2-7,11,13H2,1H3,(H3,17,19,20)(H2,18,21,22);1H. The molecule has 6 nitrogen and oxygen atoms in total. The van der Waals surface area contributed by atoms with Crippen LogP contribution in [0, 0.1) is 0 Å².